The molecular weight excluding hydrogens is 186 g/mol. The number of carboxylic acid groups (broad SMARTS) is 1. The number of rotatable bonds is 2. The van der Waals surface area contributed by atoms with Crippen molar-refractivity contribution < 1.29 is 19.1 Å². The molecule has 0 saturated carbocycles. The van der Waals surface area contributed by atoms with Gasteiger partial charge in [0.05, 0.1) is 12.0 Å². The summed E-state index contributed by atoms with van der Waals surface area (Å²) in [5, 5.41) is 8.65. The van der Waals surface area contributed by atoms with Gasteiger partial charge < -0.3 is 14.3 Å². The van der Waals surface area contributed by atoms with Crippen molar-refractivity contribution in [3.05, 3.63) is 17.8 Å². The molecule has 1 saturated heterocycles. The second-order valence-electron chi connectivity index (χ2n) is 3.35. The first kappa shape index (κ1) is 9.21. The molecule has 14 heavy (non-hydrogen) atoms. The third-order valence-electron chi connectivity index (χ3n) is 2.43. The summed E-state index contributed by atoms with van der Waals surface area (Å²) >= 11 is 0. The van der Waals surface area contributed by atoms with Gasteiger partial charge in [0.2, 0.25) is 5.89 Å². The van der Waals surface area contributed by atoms with Crippen LogP contribution in [0.1, 0.15) is 35.6 Å². The molecule has 2 atom stereocenters. The fourth-order valence-electron chi connectivity index (χ4n) is 1.61. The van der Waals surface area contributed by atoms with Gasteiger partial charge in [0.15, 0.2) is 5.69 Å². The van der Waals surface area contributed by atoms with E-state index in [4.69, 9.17) is 14.3 Å². The monoisotopic (exact) mass is 197 g/mol. The minimum atomic E-state index is -1.06. The van der Waals surface area contributed by atoms with Crippen molar-refractivity contribution in [2.75, 3.05) is 6.61 Å². The maximum atomic E-state index is 10.6. The molecule has 1 aromatic heterocycles. The van der Waals surface area contributed by atoms with E-state index in [0.717, 1.165) is 6.42 Å². The van der Waals surface area contributed by atoms with Gasteiger partial charge in [0, 0.05) is 6.61 Å². The second-order valence-corrected chi connectivity index (χ2v) is 3.35. The summed E-state index contributed by atoms with van der Waals surface area (Å²) in [6, 6.07) is 0. The molecule has 0 amide bonds. The SMILES string of the molecule is CC1OCCC1c1nc(C(=O)O)co1. The Morgan fingerprint density at radius 3 is 3.00 bits per heavy atom. The van der Waals surface area contributed by atoms with Gasteiger partial charge >= 0.3 is 5.97 Å². The fourth-order valence-corrected chi connectivity index (χ4v) is 1.61. The van der Waals surface area contributed by atoms with Crippen LogP contribution in [0.5, 0.6) is 0 Å². The minimum absolute atomic E-state index is 0.0425. The molecule has 5 heteroatoms. The van der Waals surface area contributed by atoms with Crippen LogP contribution in [-0.2, 0) is 4.74 Å². The standard InChI is InChI=1S/C9H11NO4/c1-5-6(2-3-13-5)8-10-7(4-14-8)9(11)12/h4-6H,2-3H2,1H3,(H,11,12). The largest absolute Gasteiger partial charge is 0.476 e. The first-order chi connectivity index (χ1) is 6.68. The van der Waals surface area contributed by atoms with E-state index < -0.39 is 5.97 Å². The van der Waals surface area contributed by atoms with Crippen LogP contribution in [0.15, 0.2) is 10.7 Å². The van der Waals surface area contributed by atoms with Crippen LogP contribution >= 0.6 is 0 Å². The Morgan fingerprint density at radius 2 is 2.50 bits per heavy atom. The van der Waals surface area contributed by atoms with Gasteiger partial charge in [-0.25, -0.2) is 9.78 Å². The van der Waals surface area contributed by atoms with Gasteiger partial charge in [-0.1, -0.05) is 0 Å². The number of ether oxygens (including phenoxy) is 1. The lowest BCUT2D eigenvalue weighted by Crippen LogP contribution is -2.10. The summed E-state index contributed by atoms with van der Waals surface area (Å²) in [5.41, 5.74) is -0.0425. The molecule has 0 aromatic carbocycles. The summed E-state index contributed by atoms with van der Waals surface area (Å²) < 4.78 is 10.5. The third-order valence-corrected chi connectivity index (χ3v) is 2.43. The van der Waals surface area contributed by atoms with Gasteiger partial charge in [-0.3, -0.25) is 0 Å². The number of nitrogens with zero attached hydrogens (tertiary/aromatic N) is 1. The van der Waals surface area contributed by atoms with Crippen molar-refractivity contribution in [1.82, 2.24) is 4.98 Å². The second kappa shape index (κ2) is 3.42. The lowest BCUT2D eigenvalue weighted by Gasteiger charge is -2.08. The zero-order valence-corrected chi connectivity index (χ0v) is 7.77. The highest BCUT2D eigenvalue weighted by molar-refractivity contribution is 5.84. The van der Waals surface area contributed by atoms with Crippen LogP contribution in [0.4, 0.5) is 0 Å². The van der Waals surface area contributed by atoms with Crippen LogP contribution in [0, 0.1) is 0 Å². The zero-order chi connectivity index (χ0) is 10.1. The van der Waals surface area contributed by atoms with E-state index in [1.807, 2.05) is 6.92 Å². The van der Waals surface area contributed by atoms with E-state index in [1.54, 1.807) is 0 Å². The Labute approximate surface area is 80.7 Å². The van der Waals surface area contributed by atoms with Crippen molar-refractivity contribution in [2.45, 2.75) is 25.4 Å². The van der Waals surface area contributed by atoms with E-state index >= 15 is 0 Å². The molecule has 1 fully saturated rings. The molecule has 1 aliphatic rings. The minimum Gasteiger partial charge on any atom is -0.476 e. The van der Waals surface area contributed by atoms with Crippen molar-refractivity contribution in [1.29, 1.82) is 0 Å². The summed E-state index contributed by atoms with van der Waals surface area (Å²) in [6.45, 7) is 2.61. The van der Waals surface area contributed by atoms with Crippen LogP contribution < -0.4 is 0 Å². The highest BCUT2D eigenvalue weighted by Crippen LogP contribution is 2.30. The van der Waals surface area contributed by atoms with Gasteiger partial charge in [0.1, 0.15) is 6.26 Å². The molecule has 1 aliphatic heterocycles. The van der Waals surface area contributed by atoms with Crippen molar-refractivity contribution in [2.24, 2.45) is 0 Å². The van der Waals surface area contributed by atoms with Crippen molar-refractivity contribution >= 4 is 5.97 Å². The Hall–Kier alpha value is -1.36. The predicted molar refractivity (Wildman–Crippen MR) is 46.2 cm³/mol. The summed E-state index contributed by atoms with van der Waals surface area (Å²) in [6.07, 6.45) is 2.05. The first-order valence-electron chi connectivity index (χ1n) is 4.49. The molecule has 2 rings (SSSR count). The molecule has 0 aliphatic carbocycles. The van der Waals surface area contributed by atoms with Crippen LogP contribution in [-0.4, -0.2) is 28.8 Å². The normalized spacial score (nSPS) is 26.6. The first-order valence-corrected chi connectivity index (χ1v) is 4.49. The van der Waals surface area contributed by atoms with Gasteiger partial charge in [-0.05, 0) is 13.3 Å². The summed E-state index contributed by atoms with van der Waals surface area (Å²) in [7, 11) is 0. The average Bonchev–Trinajstić information content (AvgIpc) is 2.71. The molecule has 0 spiro atoms. The average molecular weight is 197 g/mol. The number of hydrogen-bond acceptors (Lipinski definition) is 4. The highest BCUT2D eigenvalue weighted by Gasteiger charge is 2.30. The number of carboxylic acids is 1. The summed E-state index contributed by atoms with van der Waals surface area (Å²) in [5.74, 6) is -0.512. The van der Waals surface area contributed by atoms with Gasteiger partial charge in [-0.15, -0.1) is 0 Å². The Bertz CT molecular complexity index is 346. The highest BCUT2D eigenvalue weighted by atomic mass is 16.5. The number of hydrogen-bond donors (Lipinski definition) is 1. The molecule has 1 aromatic rings. The maximum absolute atomic E-state index is 10.6. The summed E-state index contributed by atoms with van der Waals surface area (Å²) in [4.78, 5) is 14.5. The van der Waals surface area contributed by atoms with Crippen LogP contribution in [0.25, 0.3) is 0 Å². The van der Waals surface area contributed by atoms with E-state index in [-0.39, 0.29) is 17.7 Å². The molecule has 5 nitrogen and oxygen atoms in total. The number of carbonyl (C=O) groups is 1. The van der Waals surface area contributed by atoms with E-state index in [1.165, 1.54) is 6.26 Å². The molecular formula is C9H11NO4. The van der Waals surface area contributed by atoms with Crippen LogP contribution in [0.2, 0.25) is 0 Å². The molecule has 76 valence electrons. The van der Waals surface area contributed by atoms with Crippen molar-refractivity contribution in [3.8, 4) is 0 Å². The Kier molecular flexibility index (Phi) is 2.25. The van der Waals surface area contributed by atoms with Gasteiger partial charge in [0.25, 0.3) is 0 Å². The molecule has 0 bridgehead atoms. The lowest BCUT2D eigenvalue weighted by atomic mass is 10.0. The van der Waals surface area contributed by atoms with E-state index in [2.05, 4.69) is 4.98 Å². The Balaban J connectivity index is 2.20. The quantitative estimate of drug-likeness (QED) is 0.772. The zero-order valence-electron chi connectivity index (χ0n) is 7.77. The Morgan fingerprint density at radius 1 is 1.71 bits per heavy atom. The molecule has 1 N–H and O–H groups in total. The molecule has 2 unspecified atom stereocenters. The maximum Gasteiger partial charge on any atom is 0.357 e. The number of aromatic carboxylic acids is 1. The van der Waals surface area contributed by atoms with E-state index in [9.17, 15) is 4.79 Å². The molecule has 0 radical (unpaired) electrons. The third kappa shape index (κ3) is 1.50. The number of aromatic nitrogens is 1. The fraction of sp³-hybridized carbons (Fsp3) is 0.556. The molecule has 2 heterocycles. The predicted octanol–water partition coefficient (Wildman–Crippen LogP) is 1.27. The van der Waals surface area contributed by atoms with E-state index in [0.29, 0.717) is 12.5 Å². The van der Waals surface area contributed by atoms with Crippen molar-refractivity contribution in [3.63, 3.8) is 0 Å². The smallest absolute Gasteiger partial charge is 0.357 e. The van der Waals surface area contributed by atoms with Crippen LogP contribution in [0.3, 0.4) is 0 Å². The number of oxazole rings is 1. The lowest BCUT2D eigenvalue weighted by molar-refractivity contribution is 0.0690. The topological polar surface area (TPSA) is 72.6 Å². The van der Waals surface area contributed by atoms with Gasteiger partial charge in [-0.2, -0.15) is 0 Å².